The Morgan fingerprint density at radius 2 is 1.67 bits per heavy atom. The topological polar surface area (TPSA) is 55.6 Å². The largest absolute Gasteiger partial charge is 0.366 e. The summed E-state index contributed by atoms with van der Waals surface area (Å²) in [4.78, 5) is 14.3. The molecule has 2 N–H and O–H groups in total. The van der Waals surface area contributed by atoms with E-state index in [2.05, 4.69) is 0 Å². The first-order valence-corrected chi connectivity index (χ1v) is 6.88. The molecule has 4 heteroatoms. The SMILES string of the molecule is CC1(C)CN(C(=O)CC2(N)CCC2)CC(C)(C)O1. The second kappa shape index (κ2) is 4.20. The van der Waals surface area contributed by atoms with Gasteiger partial charge in [0, 0.05) is 25.0 Å². The fraction of sp³-hybridized carbons (Fsp3) is 0.929. The number of carbonyl (C=O) groups is 1. The van der Waals surface area contributed by atoms with Crippen LogP contribution in [0.25, 0.3) is 0 Å². The summed E-state index contributed by atoms with van der Waals surface area (Å²) in [6.07, 6.45) is 3.61. The Bertz CT molecular complexity index is 330. The molecule has 0 aromatic rings. The summed E-state index contributed by atoms with van der Waals surface area (Å²) in [5.41, 5.74) is 5.38. The van der Waals surface area contributed by atoms with Crippen LogP contribution >= 0.6 is 0 Å². The molecule has 0 atom stereocenters. The quantitative estimate of drug-likeness (QED) is 0.815. The molecule has 0 spiro atoms. The molecule has 1 aliphatic heterocycles. The number of hydrogen-bond acceptors (Lipinski definition) is 3. The van der Waals surface area contributed by atoms with Gasteiger partial charge in [0.05, 0.1) is 11.2 Å². The van der Waals surface area contributed by atoms with E-state index in [0.717, 1.165) is 19.3 Å². The van der Waals surface area contributed by atoms with Gasteiger partial charge in [0.1, 0.15) is 0 Å². The lowest BCUT2D eigenvalue weighted by atomic mass is 9.75. The molecule has 1 heterocycles. The van der Waals surface area contributed by atoms with E-state index in [1.807, 2.05) is 32.6 Å². The molecule has 0 bridgehead atoms. The number of hydrogen-bond donors (Lipinski definition) is 1. The monoisotopic (exact) mass is 254 g/mol. The zero-order valence-electron chi connectivity index (χ0n) is 12.1. The van der Waals surface area contributed by atoms with Crippen LogP contribution in [0.1, 0.15) is 53.4 Å². The van der Waals surface area contributed by atoms with Crippen molar-refractivity contribution in [3.63, 3.8) is 0 Å². The van der Waals surface area contributed by atoms with Gasteiger partial charge in [-0.25, -0.2) is 0 Å². The molecular weight excluding hydrogens is 228 g/mol. The molecule has 1 amide bonds. The van der Waals surface area contributed by atoms with Gasteiger partial charge < -0.3 is 15.4 Å². The van der Waals surface area contributed by atoms with Gasteiger partial charge in [-0.1, -0.05) is 0 Å². The van der Waals surface area contributed by atoms with Crippen LogP contribution in [0.3, 0.4) is 0 Å². The van der Waals surface area contributed by atoms with Crippen molar-refractivity contribution in [2.75, 3.05) is 13.1 Å². The smallest absolute Gasteiger partial charge is 0.224 e. The minimum absolute atomic E-state index is 0.182. The third-order valence-electron chi connectivity index (χ3n) is 3.90. The highest BCUT2D eigenvalue weighted by atomic mass is 16.5. The van der Waals surface area contributed by atoms with Gasteiger partial charge in [-0.2, -0.15) is 0 Å². The molecule has 2 rings (SSSR count). The first kappa shape index (κ1) is 13.8. The molecule has 0 aromatic carbocycles. The maximum atomic E-state index is 12.4. The van der Waals surface area contributed by atoms with Crippen molar-refractivity contribution in [3.05, 3.63) is 0 Å². The molecule has 4 nitrogen and oxygen atoms in total. The van der Waals surface area contributed by atoms with Crippen molar-refractivity contribution < 1.29 is 9.53 Å². The van der Waals surface area contributed by atoms with E-state index in [-0.39, 0.29) is 22.6 Å². The average Bonchev–Trinajstić information content (AvgIpc) is 2.10. The lowest BCUT2D eigenvalue weighted by Gasteiger charge is -2.48. The molecule has 1 aliphatic carbocycles. The van der Waals surface area contributed by atoms with Gasteiger partial charge in [-0.15, -0.1) is 0 Å². The van der Waals surface area contributed by atoms with Gasteiger partial charge in [0.15, 0.2) is 0 Å². The first-order chi connectivity index (χ1) is 8.11. The Morgan fingerprint density at radius 3 is 2.06 bits per heavy atom. The van der Waals surface area contributed by atoms with Crippen molar-refractivity contribution in [1.82, 2.24) is 4.90 Å². The summed E-state index contributed by atoms with van der Waals surface area (Å²) in [5, 5.41) is 0. The summed E-state index contributed by atoms with van der Waals surface area (Å²) in [6, 6.07) is 0. The summed E-state index contributed by atoms with van der Waals surface area (Å²) in [5.74, 6) is 0.182. The van der Waals surface area contributed by atoms with E-state index in [0.29, 0.717) is 19.5 Å². The molecule has 1 saturated heterocycles. The lowest BCUT2D eigenvalue weighted by Crippen LogP contribution is -2.60. The Morgan fingerprint density at radius 1 is 1.17 bits per heavy atom. The highest BCUT2D eigenvalue weighted by Crippen LogP contribution is 2.34. The van der Waals surface area contributed by atoms with Crippen LogP contribution in [-0.2, 0) is 9.53 Å². The zero-order valence-corrected chi connectivity index (χ0v) is 12.1. The molecule has 0 radical (unpaired) electrons. The zero-order chi connectivity index (χ0) is 13.6. The van der Waals surface area contributed by atoms with Crippen LogP contribution < -0.4 is 5.73 Å². The van der Waals surface area contributed by atoms with Gasteiger partial charge in [0.2, 0.25) is 5.91 Å². The standard InChI is InChI=1S/C14H26N2O2/c1-12(2)9-16(10-13(3,4)18-12)11(17)8-14(15)6-5-7-14/h5-10,15H2,1-4H3. The Hall–Kier alpha value is -0.610. The molecule has 104 valence electrons. The van der Waals surface area contributed by atoms with E-state index < -0.39 is 0 Å². The van der Waals surface area contributed by atoms with Crippen LogP contribution in [0.15, 0.2) is 0 Å². The Labute approximate surface area is 110 Å². The molecule has 2 aliphatic rings. The van der Waals surface area contributed by atoms with E-state index in [9.17, 15) is 4.79 Å². The van der Waals surface area contributed by atoms with Crippen LogP contribution in [-0.4, -0.2) is 40.6 Å². The fourth-order valence-corrected chi connectivity index (χ4v) is 3.18. The predicted octanol–water partition coefficient (Wildman–Crippen LogP) is 1.67. The number of morpholine rings is 1. The lowest BCUT2D eigenvalue weighted by molar-refractivity contribution is -0.188. The maximum absolute atomic E-state index is 12.4. The highest BCUT2D eigenvalue weighted by Gasteiger charge is 2.42. The summed E-state index contributed by atoms with van der Waals surface area (Å²) in [6.45, 7) is 9.47. The molecule has 0 unspecified atom stereocenters. The van der Waals surface area contributed by atoms with Crippen molar-refractivity contribution in [3.8, 4) is 0 Å². The van der Waals surface area contributed by atoms with Gasteiger partial charge in [-0.05, 0) is 47.0 Å². The average molecular weight is 254 g/mol. The number of nitrogens with zero attached hydrogens (tertiary/aromatic N) is 1. The predicted molar refractivity (Wildman–Crippen MR) is 71.2 cm³/mol. The van der Waals surface area contributed by atoms with E-state index >= 15 is 0 Å². The Balaban J connectivity index is 2.01. The molecule has 2 fully saturated rings. The van der Waals surface area contributed by atoms with Crippen molar-refractivity contribution in [1.29, 1.82) is 0 Å². The van der Waals surface area contributed by atoms with Crippen molar-refractivity contribution in [2.45, 2.75) is 70.1 Å². The number of carbonyl (C=O) groups excluding carboxylic acids is 1. The molecule has 0 aromatic heterocycles. The molecular formula is C14H26N2O2. The van der Waals surface area contributed by atoms with Gasteiger partial charge in [-0.3, -0.25) is 4.79 Å². The number of nitrogens with two attached hydrogens (primary N) is 1. The van der Waals surface area contributed by atoms with Crippen LogP contribution in [0.2, 0.25) is 0 Å². The minimum atomic E-state index is -0.279. The molecule has 18 heavy (non-hydrogen) atoms. The van der Waals surface area contributed by atoms with E-state index in [4.69, 9.17) is 10.5 Å². The number of amides is 1. The normalized spacial score (nSPS) is 28.6. The van der Waals surface area contributed by atoms with Crippen molar-refractivity contribution in [2.24, 2.45) is 5.73 Å². The second-order valence-electron chi connectivity index (χ2n) is 7.26. The van der Waals surface area contributed by atoms with Crippen LogP contribution in [0.4, 0.5) is 0 Å². The third kappa shape index (κ3) is 3.04. The van der Waals surface area contributed by atoms with Gasteiger partial charge >= 0.3 is 0 Å². The second-order valence-corrected chi connectivity index (χ2v) is 7.26. The van der Waals surface area contributed by atoms with Crippen LogP contribution in [0, 0.1) is 0 Å². The summed E-state index contributed by atoms with van der Waals surface area (Å²) >= 11 is 0. The van der Waals surface area contributed by atoms with E-state index in [1.54, 1.807) is 0 Å². The Kier molecular flexibility index (Phi) is 3.23. The number of ether oxygens (including phenoxy) is 1. The highest BCUT2D eigenvalue weighted by molar-refractivity contribution is 5.78. The number of rotatable bonds is 2. The summed E-state index contributed by atoms with van der Waals surface area (Å²) < 4.78 is 5.99. The van der Waals surface area contributed by atoms with E-state index in [1.165, 1.54) is 0 Å². The maximum Gasteiger partial charge on any atom is 0.224 e. The van der Waals surface area contributed by atoms with Crippen LogP contribution in [0.5, 0.6) is 0 Å². The molecule has 1 saturated carbocycles. The van der Waals surface area contributed by atoms with Gasteiger partial charge in [0.25, 0.3) is 0 Å². The third-order valence-corrected chi connectivity index (χ3v) is 3.90. The minimum Gasteiger partial charge on any atom is -0.366 e. The summed E-state index contributed by atoms with van der Waals surface area (Å²) in [7, 11) is 0. The fourth-order valence-electron chi connectivity index (χ4n) is 3.18. The first-order valence-electron chi connectivity index (χ1n) is 6.88. The van der Waals surface area contributed by atoms with Crippen molar-refractivity contribution >= 4 is 5.91 Å².